The number of ether oxygens (including phenoxy) is 4. The number of nitrogens with one attached hydrogen (secondary N) is 1. The average Bonchev–Trinajstić information content (AvgIpc) is 3.28. The molecule has 0 saturated heterocycles. The highest BCUT2D eigenvalue weighted by atomic mass is 35.5. The number of aryl methyl sites for hydroxylation is 3. The van der Waals surface area contributed by atoms with E-state index in [1.807, 2.05) is 31.2 Å². The number of methoxy groups -OCH3 is 1. The highest BCUT2D eigenvalue weighted by molar-refractivity contribution is 7.18. The second kappa shape index (κ2) is 11.5. The van der Waals surface area contributed by atoms with E-state index in [2.05, 4.69) is 4.98 Å². The van der Waals surface area contributed by atoms with E-state index in [1.165, 1.54) is 4.88 Å². The van der Waals surface area contributed by atoms with Crippen molar-refractivity contribution >= 4 is 33.2 Å². The van der Waals surface area contributed by atoms with E-state index in [9.17, 15) is 4.79 Å². The number of thiophene rings is 1. The number of H-pyrrole nitrogens is 1. The molecule has 1 N–H and O–H groups in total. The van der Waals surface area contributed by atoms with Gasteiger partial charge in [-0.3, -0.25) is 4.79 Å². The van der Waals surface area contributed by atoms with E-state index in [4.69, 9.17) is 35.5 Å². The van der Waals surface area contributed by atoms with Crippen LogP contribution in [0.1, 0.15) is 28.8 Å². The van der Waals surface area contributed by atoms with E-state index >= 15 is 0 Å². The van der Waals surface area contributed by atoms with Crippen molar-refractivity contribution < 1.29 is 18.9 Å². The molecule has 0 saturated carbocycles. The minimum Gasteiger partial charge on any atom is -0.493 e. The first kappa shape index (κ1) is 25.6. The third-order valence-electron chi connectivity index (χ3n) is 6.38. The molecule has 4 aromatic rings. The molecular weight excluding hydrogens is 512 g/mol. The molecule has 2 heterocycles. The van der Waals surface area contributed by atoms with Gasteiger partial charge in [0.05, 0.1) is 30.7 Å². The zero-order chi connectivity index (χ0) is 25.8. The van der Waals surface area contributed by atoms with Crippen LogP contribution in [0.5, 0.6) is 17.2 Å². The number of hydrogen-bond acceptors (Lipinski definition) is 7. The number of halogens is 1. The third kappa shape index (κ3) is 5.61. The van der Waals surface area contributed by atoms with Crippen LogP contribution in [0, 0.1) is 6.92 Å². The quantitative estimate of drug-likeness (QED) is 0.249. The molecular formula is C28H29ClN2O5S. The predicted octanol–water partition coefficient (Wildman–Crippen LogP) is 5.98. The summed E-state index contributed by atoms with van der Waals surface area (Å²) in [7, 11) is 1.55. The minimum absolute atomic E-state index is 0.113. The van der Waals surface area contributed by atoms with Crippen molar-refractivity contribution in [2.75, 3.05) is 33.5 Å². The van der Waals surface area contributed by atoms with Crippen LogP contribution in [-0.4, -0.2) is 43.5 Å². The summed E-state index contributed by atoms with van der Waals surface area (Å²) in [6, 6.07) is 11.4. The summed E-state index contributed by atoms with van der Waals surface area (Å²) in [5, 5.41) is 1.09. The van der Waals surface area contributed by atoms with Gasteiger partial charge in [-0.1, -0.05) is 29.8 Å². The van der Waals surface area contributed by atoms with Crippen LogP contribution in [0.15, 0.2) is 41.2 Å². The number of aromatic nitrogens is 2. The number of aromatic amines is 1. The Hall–Kier alpha value is -3.07. The Kier molecular flexibility index (Phi) is 7.98. The summed E-state index contributed by atoms with van der Waals surface area (Å²) >= 11 is 8.18. The summed E-state index contributed by atoms with van der Waals surface area (Å²) in [6.45, 7) is 3.56. The van der Waals surface area contributed by atoms with Gasteiger partial charge in [0, 0.05) is 10.4 Å². The number of hydrogen-bond donors (Lipinski definition) is 1. The van der Waals surface area contributed by atoms with Gasteiger partial charge in [0.25, 0.3) is 5.56 Å². The van der Waals surface area contributed by atoms with Gasteiger partial charge < -0.3 is 23.9 Å². The molecule has 194 valence electrons. The van der Waals surface area contributed by atoms with Gasteiger partial charge in [0.2, 0.25) is 0 Å². The first-order valence-corrected chi connectivity index (χ1v) is 13.6. The van der Waals surface area contributed by atoms with Crippen LogP contribution in [-0.2, 0) is 17.6 Å². The molecule has 1 aliphatic rings. The van der Waals surface area contributed by atoms with E-state index in [0.29, 0.717) is 54.3 Å². The van der Waals surface area contributed by atoms with Crippen molar-refractivity contribution in [1.29, 1.82) is 0 Å². The van der Waals surface area contributed by atoms with Crippen molar-refractivity contribution in [2.24, 2.45) is 0 Å². The number of para-hydroxylation sites is 1. The molecule has 0 unspecified atom stereocenters. The largest absolute Gasteiger partial charge is 0.493 e. The summed E-state index contributed by atoms with van der Waals surface area (Å²) in [6.07, 6.45) is 4.22. The van der Waals surface area contributed by atoms with Crippen molar-refractivity contribution in [3.05, 3.63) is 67.8 Å². The lowest BCUT2D eigenvalue weighted by atomic mass is 9.97. The van der Waals surface area contributed by atoms with Gasteiger partial charge in [-0.2, -0.15) is 0 Å². The lowest BCUT2D eigenvalue weighted by Crippen LogP contribution is -2.13. The molecule has 2 aromatic carbocycles. The van der Waals surface area contributed by atoms with E-state index in [1.54, 1.807) is 30.6 Å². The number of benzene rings is 2. The van der Waals surface area contributed by atoms with Crippen molar-refractivity contribution in [1.82, 2.24) is 9.97 Å². The molecule has 37 heavy (non-hydrogen) atoms. The monoisotopic (exact) mass is 540 g/mol. The molecule has 0 fully saturated rings. The van der Waals surface area contributed by atoms with Crippen LogP contribution in [0.3, 0.4) is 0 Å². The molecule has 0 bridgehead atoms. The molecule has 0 amide bonds. The molecule has 1 aliphatic carbocycles. The number of rotatable bonds is 10. The number of nitrogens with zero attached hydrogens (tertiary/aromatic N) is 1. The highest BCUT2D eigenvalue weighted by Crippen LogP contribution is 2.40. The summed E-state index contributed by atoms with van der Waals surface area (Å²) in [4.78, 5) is 22.7. The Morgan fingerprint density at radius 3 is 2.62 bits per heavy atom. The van der Waals surface area contributed by atoms with Gasteiger partial charge in [0.15, 0.2) is 11.5 Å². The Morgan fingerprint density at radius 1 is 1.03 bits per heavy atom. The highest BCUT2D eigenvalue weighted by Gasteiger charge is 2.21. The minimum atomic E-state index is -0.113. The van der Waals surface area contributed by atoms with Crippen molar-refractivity contribution in [2.45, 2.75) is 32.6 Å². The fraction of sp³-hybridized carbons (Fsp3) is 0.357. The summed E-state index contributed by atoms with van der Waals surface area (Å²) in [5.74, 6) is 2.19. The molecule has 2 aromatic heterocycles. The topological polar surface area (TPSA) is 82.7 Å². The Bertz CT molecular complexity index is 1470. The van der Waals surface area contributed by atoms with Crippen LogP contribution in [0.2, 0.25) is 5.02 Å². The lowest BCUT2D eigenvalue weighted by Gasteiger charge is -2.14. The summed E-state index contributed by atoms with van der Waals surface area (Å²) in [5.41, 5.74) is 2.79. The van der Waals surface area contributed by atoms with Gasteiger partial charge >= 0.3 is 0 Å². The zero-order valence-electron chi connectivity index (χ0n) is 20.9. The Balaban J connectivity index is 1.23. The first-order chi connectivity index (χ1) is 18.0. The third-order valence-corrected chi connectivity index (χ3v) is 7.85. The maximum Gasteiger partial charge on any atom is 0.260 e. The smallest absolute Gasteiger partial charge is 0.260 e. The van der Waals surface area contributed by atoms with Crippen LogP contribution in [0.4, 0.5) is 0 Å². The average molecular weight is 541 g/mol. The Morgan fingerprint density at radius 2 is 1.81 bits per heavy atom. The molecule has 7 nitrogen and oxygen atoms in total. The van der Waals surface area contributed by atoms with Gasteiger partial charge in [-0.05, 0) is 61.9 Å². The van der Waals surface area contributed by atoms with Crippen molar-refractivity contribution in [3.63, 3.8) is 0 Å². The number of fused-ring (bicyclic) bond motifs is 3. The molecule has 0 atom stereocenters. The molecule has 0 aliphatic heterocycles. The van der Waals surface area contributed by atoms with Gasteiger partial charge in [-0.25, -0.2) is 4.98 Å². The first-order valence-electron chi connectivity index (χ1n) is 12.4. The standard InChI is InChI=1S/C28H29ClN2O5S/c1-17-7-3-5-9-21(17)35-13-11-34-12-14-36-25-20(29)15-18(16-22(25)33-2)26-30-27(32)24-19-8-4-6-10-23(19)37-28(24)31-26/h3,5,7,9,15-16H,4,6,8,10-14H2,1-2H3,(H,30,31,32). The fourth-order valence-electron chi connectivity index (χ4n) is 4.53. The van der Waals surface area contributed by atoms with E-state index < -0.39 is 0 Å². The fourth-order valence-corrected chi connectivity index (χ4v) is 6.06. The van der Waals surface area contributed by atoms with E-state index in [0.717, 1.165) is 52.8 Å². The zero-order valence-corrected chi connectivity index (χ0v) is 22.5. The maximum absolute atomic E-state index is 13.0. The molecule has 0 radical (unpaired) electrons. The lowest BCUT2D eigenvalue weighted by molar-refractivity contribution is 0.0756. The van der Waals surface area contributed by atoms with Crippen LogP contribution in [0.25, 0.3) is 21.6 Å². The molecule has 0 spiro atoms. The van der Waals surface area contributed by atoms with Crippen molar-refractivity contribution in [3.8, 4) is 28.6 Å². The second-order valence-electron chi connectivity index (χ2n) is 8.87. The normalized spacial score (nSPS) is 12.9. The van der Waals surface area contributed by atoms with Gasteiger partial charge in [-0.15, -0.1) is 11.3 Å². The van der Waals surface area contributed by atoms with Gasteiger partial charge in [0.1, 0.15) is 29.6 Å². The predicted molar refractivity (Wildman–Crippen MR) is 147 cm³/mol. The molecule has 5 rings (SSSR count). The SMILES string of the molecule is COc1cc(-c2nc3sc4c(c3c(=O)[nH]2)CCCC4)cc(Cl)c1OCCOCCOc1ccccc1C. The van der Waals surface area contributed by atoms with Crippen LogP contribution < -0.4 is 19.8 Å². The summed E-state index contributed by atoms with van der Waals surface area (Å²) < 4.78 is 22.8. The maximum atomic E-state index is 13.0. The van der Waals surface area contributed by atoms with E-state index in [-0.39, 0.29) is 5.56 Å². The Labute approximate surface area is 224 Å². The molecule has 9 heteroatoms. The second-order valence-corrected chi connectivity index (χ2v) is 10.4. The van der Waals surface area contributed by atoms with Crippen LogP contribution >= 0.6 is 22.9 Å².